The molecule has 4 nitrogen and oxygen atoms in total. The van der Waals surface area contributed by atoms with Crippen LogP contribution in [0.25, 0.3) is 28.0 Å². The van der Waals surface area contributed by atoms with Crippen molar-refractivity contribution in [3.05, 3.63) is 83.2 Å². The van der Waals surface area contributed by atoms with E-state index >= 15 is 0 Å². The molecule has 2 aromatic heterocycles. The number of halogens is 2. The van der Waals surface area contributed by atoms with E-state index in [0.29, 0.717) is 22.4 Å². The Bertz CT molecular complexity index is 1330. The minimum absolute atomic E-state index is 0.0727. The molecular formula is C24H19F2N3O. The summed E-state index contributed by atoms with van der Waals surface area (Å²) in [6.45, 7) is 4.88. The number of nitriles is 1. The van der Waals surface area contributed by atoms with Crippen LogP contribution in [0.1, 0.15) is 30.5 Å². The van der Waals surface area contributed by atoms with Crippen LogP contribution in [0.2, 0.25) is 0 Å². The SMILES string of the molecule is Cc1ccc(-c2cc(-c3cnc4c(F)c(C(C)(C)O)ccn34)ccc2F)c(C#N)c1. The fourth-order valence-corrected chi connectivity index (χ4v) is 3.58. The zero-order chi connectivity index (χ0) is 21.6. The average Bonchev–Trinajstić information content (AvgIpc) is 3.13. The summed E-state index contributed by atoms with van der Waals surface area (Å²) >= 11 is 0. The van der Waals surface area contributed by atoms with Gasteiger partial charge in [-0.3, -0.25) is 4.40 Å². The minimum Gasteiger partial charge on any atom is -0.386 e. The maximum absolute atomic E-state index is 14.9. The molecule has 4 rings (SSSR count). The number of rotatable bonds is 3. The third kappa shape index (κ3) is 3.23. The average molecular weight is 403 g/mol. The number of hydrogen-bond acceptors (Lipinski definition) is 3. The molecule has 150 valence electrons. The molecule has 0 bridgehead atoms. The molecule has 0 aliphatic rings. The number of imidazole rings is 1. The lowest BCUT2D eigenvalue weighted by atomic mass is 9.96. The van der Waals surface area contributed by atoms with Crippen molar-refractivity contribution >= 4 is 5.65 Å². The van der Waals surface area contributed by atoms with Gasteiger partial charge in [-0.25, -0.2) is 13.8 Å². The number of pyridine rings is 1. The summed E-state index contributed by atoms with van der Waals surface area (Å²) in [5.41, 5.74) is 2.13. The van der Waals surface area contributed by atoms with E-state index in [1.54, 1.807) is 34.9 Å². The Kier molecular flexibility index (Phi) is 4.64. The van der Waals surface area contributed by atoms with Gasteiger partial charge < -0.3 is 5.11 Å². The predicted octanol–water partition coefficient (Wildman–Crippen LogP) is 5.35. The van der Waals surface area contributed by atoms with E-state index in [4.69, 9.17) is 0 Å². The van der Waals surface area contributed by atoms with E-state index in [0.717, 1.165) is 5.56 Å². The van der Waals surface area contributed by atoms with Gasteiger partial charge in [-0.15, -0.1) is 0 Å². The first-order valence-corrected chi connectivity index (χ1v) is 9.40. The third-order valence-corrected chi connectivity index (χ3v) is 5.13. The van der Waals surface area contributed by atoms with Crippen LogP contribution in [0.15, 0.2) is 54.9 Å². The van der Waals surface area contributed by atoms with Gasteiger partial charge in [0.25, 0.3) is 0 Å². The summed E-state index contributed by atoms with van der Waals surface area (Å²) in [4.78, 5) is 4.17. The minimum atomic E-state index is -1.35. The van der Waals surface area contributed by atoms with Crippen molar-refractivity contribution in [3.63, 3.8) is 0 Å². The Balaban J connectivity index is 1.90. The van der Waals surface area contributed by atoms with E-state index in [1.165, 1.54) is 32.2 Å². The second-order valence-electron chi connectivity index (χ2n) is 7.79. The highest BCUT2D eigenvalue weighted by atomic mass is 19.1. The number of hydrogen-bond donors (Lipinski definition) is 1. The molecule has 30 heavy (non-hydrogen) atoms. The fourth-order valence-electron chi connectivity index (χ4n) is 3.58. The first kappa shape index (κ1) is 19.7. The first-order valence-electron chi connectivity index (χ1n) is 9.40. The van der Waals surface area contributed by atoms with Gasteiger partial charge >= 0.3 is 0 Å². The standard InChI is InChI=1S/C24H19F2N3O/c1-14-4-6-17(16(10-14)12-27)18-11-15(5-7-20(18)25)21-13-28-23-22(26)19(24(2,3)30)8-9-29(21)23/h4-11,13,30H,1-3H3. The van der Waals surface area contributed by atoms with Crippen LogP contribution in [0.3, 0.4) is 0 Å². The van der Waals surface area contributed by atoms with Crippen LogP contribution in [0.5, 0.6) is 0 Å². The van der Waals surface area contributed by atoms with Gasteiger partial charge in [0.1, 0.15) is 5.82 Å². The summed E-state index contributed by atoms with van der Waals surface area (Å²) in [7, 11) is 0. The van der Waals surface area contributed by atoms with E-state index < -0.39 is 17.2 Å². The fraction of sp³-hybridized carbons (Fsp3) is 0.167. The van der Waals surface area contributed by atoms with Gasteiger partial charge in [-0.05, 0) is 56.7 Å². The Hall–Kier alpha value is -3.56. The molecule has 2 aromatic carbocycles. The molecule has 0 aliphatic carbocycles. The summed E-state index contributed by atoms with van der Waals surface area (Å²) in [6.07, 6.45) is 3.13. The normalized spacial score (nSPS) is 11.6. The van der Waals surface area contributed by atoms with Gasteiger partial charge in [-0.1, -0.05) is 12.1 Å². The largest absolute Gasteiger partial charge is 0.386 e. The van der Waals surface area contributed by atoms with Gasteiger partial charge in [0.2, 0.25) is 0 Å². The van der Waals surface area contributed by atoms with Crippen LogP contribution in [0, 0.1) is 29.9 Å². The van der Waals surface area contributed by atoms with Crippen LogP contribution in [-0.4, -0.2) is 14.5 Å². The number of aryl methyl sites for hydroxylation is 1. The maximum Gasteiger partial charge on any atom is 0.174 e. The quantitative estimate of drug-likeness (QED) is 0.501. The number of aliphatic hydroxyl groups is 1. The molecule has 4 aromatic rings. The highest BCUT2D eigenvalue weighted by Gasteiger charge is 2.24. The second-order valence-corrected chi connectivity index (χ2v) is 7.79. The van der Waals surface area contributed by atoms with Crippen molar-refractivity contribution in [1.29, 1.82) is 5.26 Å². The zero-order valence-corrected chi connectivity index (χ0v) is 16.7. The molecular weight excluding hydrogens is 384 g/mol. The topological polar surface area (TPSA) is 61.3 Å². The van der Waals surface area contributed by atoms with E-state index in [-0.39, 0.29) is 16.8 Å². The van der Waals surface area contributed by atoms with Crippen molar-refractivity contribution in [1.82, 2.24) is 9.38 Å². The maximum atomic E-state index is 14.9. The van der Waals surface area contributed by atoms with E-state index in [2.05, 4.69) is 11.1 Å². The van der Waals surface area contributed by atoms with Crippen molar-refractivity contribution in [2.24, 2.45) is 0 Å². The summed E-state index contributed by atoms with van der Waals surface area (Å²) in [5, 5.41) is 19.6. The molecule has 1 N–H and O–H groups in total. The highest BCUT2D eigenvalue weighted by molar-refractivity contribution is 5.77. The number of fused-ring (bicyclic) bond motifs is 1. The number of benzene rings is 2. The van der Waals surface area contributed by atoms with Gasteiger partial charge in [0, 0.05) is 28.5 Å². The third-order valence-electron chi connectivity index (χ3n) is 5.13. The summed E-state index contributed by atoms with van der Waals surface area (Å²) in [6, 6.07) is 13.4. The second kappa shape index (κ2) is 7.05. The Morgan fingerprint density at radius 1 is 1.07 bits per heavy atom. The van der Waals surface area contributed by atoms with Crippen LogP contribution in [-0.2, 0) is 5.60 Å². The lowest BCUT2D eigenvalue weighted by molar-refractivity contribution is 0.0746. The summed E-state index contributed by atoms with van der Waals surface area (Å²) in [5.74, 6) is -1.06. The zero-order valence-electron chi connectivity index (χ0n) is 16.7. The molecule has 0 amide bonds. The molecule has 6 heteroatoms. The van der Waals surface area contributed by atoms with Crippen LogP contribution < -0.4 is 0 Å². The van der Waals surface area contributed by atoms with Gasteiger partial charge in [0.05, 0.1) is 29.1 Å². The Morgan fingerprint density at radius 2 is 1.83 bits per heavy atom. The van der Waals surface area contributed by atoms with Crippen molar-refractivity contribution in [3.8, 4) is 28.5 Å². The van der Waals surface area contributed by atoms with Gasteiger partial charge in [0.15, 0.2) is 11.5 Å². The molecule has 0 unspecified atom stereocenters. The molecule has 0 saturated heterocycles. The predicted molar refractivity (Wildman–Crippen MR) is 111 cm³/mol. The Morgan fingerprint density at radius 3 is 2.53 bits per heavy atom. The van der Waals surface area contributed by atoms with Crippen LogP contribution >= 0.6 is 0 Å². The summed E-state index contributed by atoms with van der Waals surface area (Å²) < 4.78 is 31.1. The Labute approximate surface area is 172 Å². The molecule has 0 fully saturated rings. The lowest BCUT2D eigenvalue weighted by Gasteiger charge is -2.18. The monoisotopic (exact) mass is 403 g/mol. The molecule has 0 radical (unpaired) electrons. The van der Waals surface area contributed by atoms with E-state index in [1.807, 2.05) is 13.0 Å². The molecule has 0 aliphatic heterocycles. The molecule has 0 saturated carbocycles. The van der Waals surface area contributed by atoms with Crippen LogP contribution in [0.4, 0.5) is 8.78 Å². The van der Waals surface area contributed by atoms with Crippen molar-refractivity contribution in [2.45, 2.75) is 26.4 Å². The smallest absolute Gasteiger partial charge is 0.174 e. The van der Waals surface area contributed by atoms with Crippen molar-refractivity contribution < 1.29 is 13.9 Å². The molecule has 0 atom stereocenters. The molecule has 0 spiro atoms. The van der Waals surface area contributed by atoms with E-state index in [9.17, 15) is 19.1 Å². The molecule has 2 heterocycles. The first-order chi connectivity index (χ1) is 14.2. The lowest BCUT2D eigenvalue weighted by Crippen LogP contribution is -2.18. The number of nitrogens with zero attached hydrogens (tertiary/aromatic N) is 3. The van der Waals surface area contributed by atoms with Gasteiger partial charge in [-0.2, -0.15) is 5.26 Å². The van der Waals surface area contributed by atoms with Crippen molar-refractivity contribution in [2.75, 3.05) is 0 Å². The number of aromatic nitrogens is 2. The highest BCUT2D eigenvalue weighted by Crippen LogP contribution is 2.33.